The summed E-state index contributed by atoms with van der Waals surface area (Å²) in [6.45, 7) is 7.68. The van der Waals surface area contributed by atoms with Crippen molar-refractivity contribution in [2.45, 2.75) is 58.6 Å². The third kappa shape index (κ3) is 8.26. The molecule has 1 unspecified atom stereocenters. The summed E-state index contributed by atoms with van der Waals surface area (Å²) in [6.07, 6.45) is 5.29. The van der Waals surface area contributed by atoms with Gasteiger partial charge in [-0.3, -0.25) is 0 Å². The van der Waals surface area contributed by atoms with Crippen LogP contribution >= 0.6 is 0 Å². The number of hydrogen-bond donors (Lipinski definition) is 1. The van der Waals surface area contributed by atoms with E-state index >= 15 is 0 Å². The Morgan fingerprint density at radius 3 is 2.38 bits per heavy atom. The van der Waals surface area contributed by atoms with E-state index in [1.54, 1.807) is 0 Å². The van der Waals surface area contributed by atoms with Crippen molar-refractivity contribution < 1.29 is 4.74 Å². The van der Waals surface area contributed by atoms with Crippen LogP contribution in [0, 0.1) is 0 Å². The molecule has 2 heteroatoms. The number of ether oxygens (including phenoxy) is 1. The Morgan fingerprint density at radius 1 is 1.23 bits per heavy atom. The van der Waals surface area contributed by atoms with Crippen molar-refractivity contribution in [3.63, 3.8) is 0 Å². The zero-order valence-corrected chi connectivity index (χ0v) is 9.60. The second kappa shape index (κ2) is 8.52. The second-order valence-corrected chi connectivity index (χ2v) is 3.90. The van der Waals surface area contributed by atoms with Crippen LogP contribution in [0.15, 0.2) is 0 Å². The van der Waals surface area contributed by atoms with Crippen molar-refractivity contribution in [3.8, 4) is 0 Å². The van der Waals surface area contributed by atoms with Gasteiger partial charge in [0.15, 0.2) is 0 Å². The van der Waals surface area contributed by atoms with Crippen molar-refractivity contribution in [1.82, 2.24) is 5.32 Å². The van der Waals surface area contributed by atoms with Crippen molar-refractivity contribution in [2.75, 3.05) is 13.7 Å². The van der Waals surface area contributed by atoms with Crippen LogP contribution in [0.2, 0.25) is 0 Å². The van der Waals surface area contributed by atoms with Crippen LogP contribution in [0.4, 0.5) is 0 Å². The van der Waals surface area contributed by atoms with Crippen LogP contribution in [0.25, 0.3) is 0 Å². The molecule has 0 aromatic rings. The lowest BCUT2D eigenvalue weighted by Crippen LogP contribution is -2.24. The minimum absolute atomic E-state index is 0.471. The van der Waals surface area contributed by atoms with Gasteiger partial charge in [-0.1, -0.05) is 27.2 Å². The fraction of sp³-hybridized carbons (Fsp3) is 1.00. The van der Waals surface area contributed by atoms with Crippen molar-refractivity contribution in [1.29, 1.82) is 0 Å². The van der Waals surface area contributed by atoms with E-state index in [0.717, 1.165) is 6.54 Å². The Morgan fingerprint density at radius 2 is 1.92 bits per heavy atom. The molecule has 0 bridgehead atoms. The molecule has 0 spiro atoms. The van der Waals surface area contributed by atoms with E-state index in [1.165, 1.54) is 25.7 Å². The summed E-state index contributed by atoms with van der Waals surface area (Å²) in [5, 5.41) is 3.41. The summed E-state index contributed by atoms with van der Waals surface area (Å²) in [5.74, 6) is 0. The molecule has 0 rings (SSSR count). The lowest BCUT2D eigenvalue weighted by Gasteiger charge is -2.14. The van der Waals surface area contributed by atoms with E-state index in [-0.39, 0.29) is 0 Å². The van der Waals surface area contributed by atoms with Crippen LogP contribution in [0.5, 0.6) is 0 Å². The van der Waals surface area contributed by atoms with Gasteiger partial charge in [0.2, 0.25) is 0 Å². The Balaban J connectivity index is 3.27. The Labute approximate surface area is 83.1 Å². The summed E-state index contributed by atoms with van der Waals surface area (Å²) >= 11 is 0. The van der Waals surface area contributed by atoms with Gasteiger partial charge in [0.1, 0.15) is 0 Å². The van der Waals surface area contributed by atoms with Gasteiger partial charge < -0.3 is 10.1 Å². The Kier molecular flexibility index (Phi) is 8.46. The molecule has 80 valence electrons. The number of hydrogen-bond acceptors (Lipinski definition) is 2. The van der Waals surface area contributed by atoms with Gasteiger partial charge in [-0.2, -0.15) is 0 Å². The molecular weight excluding hydrogens is 162 g/mol. The molecule has 0 heterocycles. The minimum atomic E-state index is 0.471. The van der Waals surface area contributed by atoms with Gasteiger partial charge >= 0.3 is 0 Å². The molecule has 0 aliphatic rings. The molecule has 0 saturated carbocycles. The van der Waals surface area contributed by atoms with Gasteiger partial charge in [0, 0.05) is 13.2 Å². The summed E-state index contributed by atoms with van der Waals surface area (Å²) in [5.41, 5.74) is 0. The van der Waals surface area contributed by atoms with Crippen molar-refractivity contribution in [2.24, 2.45) is 0 Å². The summed E-state index contributed by atoms with van der Waals surface area (Å²) < 4.78 is 5.37. The zero-order chi connectivity index (χ0) is 10.1. The molecule has 13 heavy (non-hydrogen) atoms. The van der Waals surface area contributed by atoms with Gasteiger partial charge in [0.25, 0.3) is 0 Å². The van der Waals surface area contributed by atoms with Gasteiger partial charge in [-0.05, 0) is 25.8 Å². The monoisotopic (exact) mass is 187 g/mol. The first-order valence-corrected chi connectivity index (χ1v) is 5.46. The zero-order valence-electron chi connectivity index (χ0n) is 9.60. The molecule has 0 fully saturated rings. The number of nitrogens with one attached hydrogen (secondary N) is 1. The Bertz CT molecular complexity index is 104. The summed E-state index contributed by atoms with van der Waals surface area (Å²) in [4.78, 5) is 0. The highest BCUT2D eigenvalue weighted by atomic mass is 16.5. The average Bonchev–Trinajstić information content (AvgIpc) is 2.10. The quantitative estimate of drug-likeness (QED) is 0.590. The maximum absolute atomic E-state index is 5.37. The van der Waals surface area contributed by atoms with Crippen LogP contribution in [0.3, 0.4) is 0 Å². The van der Waals surface area contributed by atoms with Gasteiger partial charge in [-0.15, -0.1) is 0 Å². The maximum atomic E-state index is 5.37. The molecule has 0 saturated heterocycles. The summed E-state index contributed by atoms with van der Waals surface area (Å²) in [7, 11) is 1.82. The highest BCUT2D eigenvalue weighted by molar-refractivity contribution is 4.59. The Hall–Kier alpha value is -0.0800. The lowest BCUT2D eigenvalue weighted by atomic mass is 10.1. The highest BCUT2D eigenvalue weighted by Gasteiger charge is 2.04. The first kappa shape index (κ1) is 12.9. The van der Waals surface area contributed by atoms with E-state index in [2.05, 4.69) is 26.1 Å². The fourth-order valence-corrected chi connectivity index (χ4v) is 1.42. The molecule has 0 amide bonds. The molecule has 2 nitrogen and oxygen atoms in total. The first-order valence-electron chi connectivity index (χ1n) is 5.46. The molecule has 0 aromatic heterocycles. The third-order valence-electron chi connectivity index (χ3n) is 2.20. The second-order valence-electron chi connectivity index (χ2n) is 3.90. The molecule has 0 aromatic carbocycles. The predicted molar refractivity (Wildman–Crippen MR) is 58.1 cm³/mol. The minimum Gasteiger partial charge on any atom is -0.381 e. The van der Waals surface area contributed by atoms with Crippen LogP contribution in [0.1, 0.15) is 46.5 Å². The predicted octanol–water partition coefficient (Wildman–Crippen LogP) is 2.58. The lowest BCUT2D eigenvalue weighted by molar-refractivity contribution is 0.0855. The van der Waals surface area contributed by atoms with Crippen LogP contribution in [-0.2, 0) is 4.74 Å². The fourth-order valence-electron chi connectivity index (χ4n) is 1.42. The largest absolute Gasteiger partial charge is 0.381 e. The van der Waals surface area contributed by atoms with E-state index in [9.17, 15) is 0 Å². The van der Waals surface area contributed by atoms with Crippen LogP contribution in [-0.4, -0.2) is 25.8 Å². The van der Waals surface area contributed by atoms with Crippen molar-refractivity contribution >= 4 is 0 Å². The third-order valence-corrected chi connectivity index (χ3v) is 2.20. The summed E-state index contributed by atoms with van der Waals surface area (Å²) in [6, 6.07) is 0.604. The highest BCUT2D eigenvalue weighted by Crippen LogP contribution is 2.07. The maximum Gasteiger partial charge on any atom is 0.0571 e. The standard InChI is InChI=1S/C11H25NO/c1-5-7-11(13-4)8-6-9-12-10(2)3/h10-12H,5-9H2,1-4H3. The van der Waals surface area contributed by atoms with Crippen molar-refractivity contribution in [3.05, 3.63) is 0 Å². The van der Waals surface area contributed by atoms with E-state index in [4.69, 9.17) is 4.74 Å². The first-order chi connectivity index (χ1) is 6.20. The SMILES string of the molecule is CCCC(CCCNC(C)C)OC. The topological polar surface area (TPSA) is 21.3 Å². The molecule has 1 atom stereocenters. The normalized spacial score (nSPS) is 13.6. The van der Waals surface area contributed by atoms with Crippen LogP contribution < -0.4 is 5.32 Å². The molecule has 1 N–H and O–H groups in total. The number of methoxy groups -OCH3 is 1. The average molecular weight is 187 g/mol. The smallest absolute Gasteiger partial charge is 0.0571 e. The number of rotatable bonds is 8. The molecule has 0 aliphatic carbocycles. The van der Waals surface area contributed by atoms with E-state index in [1.807, 2.05) is 7.11 Å². The molecule has 0 aliphatic heterocycles. The molecular formula is C11H25NO. The van der Waals surface area contributed by atoms with Gasteiger partial charge in [-0.25, -0.2) is 0 Å². The van der Waals surface area contributed by atoms with E-state index in [0.29, 0.717) is 12.1 Å². The molecule has 0 radical (unpaired) electrons. The van der Waals surface area contributed by atoms with E-state index < -0.39 is 0 Å². The van der Waals surface area contributed by atoms with Gasteiger partial charge in [0.05, 0.1) is 6.10 Å².